The Morgan fingerprint density at radius 3 is 2.74 bits per heavy atom. The van der Waals surface area contributed by atoms with Crippen molar-refractivity contribution in [2.24, 2.45) is 0 Å². The van der Waals surface area contributed by atoms with Crippen molar-refractivity contribution in [2.45, 2.75) is 58.5 Å². The van der Waals surface area contributed by atoms with E-state index in [0.29, 0.717) is 5.56 Å². The average Bonchev–Trinajstić information content (AvgIpc) is 3.15. The van der Waals surface area contributed by atoms with Crippen LogP contribution in [0.5, 0.6) is 0 Å². The van der Waals surface area contributed by atoms with E-state index in [9.17, 15) is 4.79 Å². The second-order valence-corrected chi connectivity index (χ2v) is 7.11. The summed E-state index contributed by atoms with van der Waals surface area (Å²) < 4.78 is 1.91. The Morgan fingerprint density at radius 1 is 1.35 bits per heavy atom. The van der Waals surface area contributed by atoms with E-state index in [1.54, 1.807) is 6.20 Å². The Kier molecular flexibility index (Phi) is 3.95. The number of piperidine rings is 1. The molecule has 0 aromatic carbocycles. The highest BCUT2D eigenvalue weighted by molar-refractivity contribution is 5.95. The predicted molar refractivity (Wildman–Crippen MR) is 86.0 cm³/mol. The normalized spacial score (nSPS) is 19.1. The molecule has 3 heterocycles. The monoisotopic (exact) mass is 316 g/mol. The number of likely N-dealkylation sites (tertiary alicyclic amines) is 1. The number of nitrogens with one attached hydrogen (secondary N) is 1. The van der Waals surface area contributed by atoms with Gasteiger partial charge in [0.1, 0.15) is 12.2 Å². The smallest absolute Gasteiger partial charge is 0.257 e. The van der Waals surface area contributed by atoms with Crippen LogP contribution < -0.4 is 0 Å². The minimum atomic E-state index is -0.144. The van der Waals surface area contributed by atoms with E-state index in [1.165, 1.54) is 6.33 Å². The van der Waals surface area contributed by atoms with E-state index in [4.69, 9.17) is 0 Å². The van der Waals surface area contributed by atoms with E-state index < -0.39 is 0 Å². The number of aromatic nitrogens is 5. The van der Waals surface area contributed by atoms with Crippen LogP contribution in [0.15, 0.2) is 12.5 Å². The molecule has 0 unspecified atom stereocenters. The minimum absolute atomic E-state index is 0.0269. The van der Waals surface area contributed by atoms with Crippen LogP contribution in [-0.4, -0.2) is 42.3 Å². The van der Waals surface area contributed by atoms with Crippen LogP contribution in [0.25, 0.3) is 0 Å². The molecule has 1 saturated heterocycles. The van der Waals surface area contributed by atoms with Gasteiger partial charge in [-0.1, -0.05) is 0 Å². The summed E-state index contributed by atoms with van der Waals surface area (Å²) in [6, 6.07) is -0.0314. The SMILES string of the molecule is Cc1c(C(=O)N2CCCC[C@@H]2c2ncn[nH]2)cnn1C(C)(C)C. The van der Waals surface area contributed by atoms with Crippen molar-refractivity contribution >= 4 is 5.91 Å². The molecular formula is C16H24N6O. The third-order valence-electron chi connectivity index (χ3n) is 4.39. The molecule has 1 N–H and O–H groups in total. The first-order chi connectivity index (χ1) is 10.9. The predicted octanol–water partition coefficient (Wildman–Crippen LogP) is 2.43. The van der Waals surface area contributed by atoms with Crippen molar-refractivity contribution in [1.29, 1.82) is 0 Å². The number of aromatic amines is 1. The van der Waals surface area contributed by atoms with Gasteiger partial charge in [0.05, 0.1) is 23.3 Å². The van der Waals surface area contributed by atoms with Gasteiger partial charge in [-0.2, -0.15) is 10.2 Å². The Morgan fingerprint density at radius 2 is 2.13 bits per heavy atom. The van der Waals surface area contributed by atoms with Gasteiger partial charge in [-0.25, -0.2) is 4.98 Å². The van der Waals surface area contributed by atoms with Gasteiger partial charge in [0, 0.05) is 12.2 Å². The van der Waals surface area contributed by atoms with Crippen molar-refractivity contribution < 1.29 is 4.79 Å². The molecule has 2 aromatic rings. The maximum Gasteiger partial charge on any atom is 0.257 e. The third-order valence-corrected chi connectivity index (χ3v) is 4.39. The molecule has 124 valence electrons. The highest BCUT2D eigenvalue weighted by atomic mass is 16.2. The molecule has 1 aliphatic rings. The number of hydrogen-bond donors (Lipinski definition) is 1. The van der Waals surface area contributed by atoms with Gasteiger partial charge < -0.3 is 4.90 Å². The van der Waals surface area contributed by atoms with Gasteiger partial charge in [0.25, 0.3) is 5.91 Å². The molecule has 2 aromatic heterocycles. The zero-order chi connectivity index (χ0) is 16.6. The lowest BCUT2D eigenvalue weighted by atomic mass is 10.00. The lowest BCUT2D eigenvalue weighted by Crippen LogP contribution is -2.39. The van der Waals surface area contributed by atoms with Gasteiger partial charge >= 0.3 is 0 Å². The molecule has 1 aliphatic heterocycles. The van der Waals surface area contributed by atoms with E-state index in [2.05, 4.69) is 41.1 Å². The summed E-state index contributed by atoms with van der Waals surface area (Å²) in [5.41, 5.74) is 1.44. The highest BCUT2D eigenvalue weighted by Gasteiger charge is 2.32. The second-order valence-electron chi connectivity index (χ2n) is 7.11. The fourth-order valence-corrected chi connectivity index (χ4v) is 3.29. The fraction of sp³-hybridized carbons (Fsp3) is 0.625. The topological polar surface area (TPSA) is 79.7 Å². The van der Waals surface area contributed by atoms with Crippen LogP contribution in [0.2, 0.25) is 0 Å². The fourth-order valence-electron chi connectivity index (χ4n) is 3.29. The minimum Gasteiger partial charge on any atom is -0.328 e. The number of amides is 1. The standard InChI is InChI=1S/C16H24N6O/c1-11-12(9-19-22(11)16(2,3)4)15(23)21-8-6-5-7-13(21)14-17-10-18-20-14/h9-10,13H,5-8H2,1-4H3,(H,17,18,20)/t13-/m1/s1. The Bertz CT molecular complexity index is 682. The molecule has 0 radical (unpaired) electrons. The third kappa shape index (κ3) is 2.87. The zero-order valence-corrected chi connectivity index (χ0v) is 14.2. The molecule has 7 nitrogen and oxygen atoms in total. The van der Waals surface area contributed by atoms with Crippen LogP contribution in [0.3, 0.4) is 0 Å². The number of carbonyl (C=O) groups is 1. The molecule has 1 fully saturated rings. The number of rotatable bonds is 2. The maximum absolute atomic E-state index is 13.1. The summed E-state index contributed by atoms with van der Waals surface area (Å²) in [5, 5.41) is 11.3. The summed E-state index contributed by atoms with van der Waals surface area (Å²) in [6.45, 7) is 8.95. The second kappa shape index (κ2) is 5.79. The van der Waals surface area contributed by atoms with Crippen molar-refractivity contribution in [2.75, 3.05) is 6.54 Å². The molecule has 0 saturated carbocycles. The summed E-state index contributed by atoms with van der Waals surface area (Å²) in [6.07, 6.45) is 6.20. The highest BCUT2D eigenvalue weighted by Crippen LogP contribution is 2.31. The van der Waals surface area contributed by atoms with Gasteiger partial charge in [0.15, 0.2) is 0 Å². The first-order valence-electron chi connectivity index (χ1n) is 8.11. The van der Waals surface area contributed by atoms with Gasteiger partial charge in [0.2, 0.25) is 0 Å². The maximum atomic E-state index is 13.1. The quantitative estimate of drug-likeness (QED) is 0.923. The van der Waals surface area contributed by atoms with Gasteiger partial charge in [-0.3, -0.25) is 14.6 Å². The molecule has 0 bridgehead atoms. The summed E-state index contributed by atoms with van der Waals surface area (Å²) >= 11 is 0. The Hall–Kier alpha value is -2.18. The van der Waals surface area contributed by atoms with Gasteiger partial charge in [-0.05, 0) is 47.0 Å². The van der Waals surface area contributed by atoms with E-state index >= 15 is 0 Å². The molecule has 3 rings (SSSR count). The van der Waals surface area contributed by atoms with Crippen LogP contribution in [0, 0.1) is 6.92 Å². The van der Waals surface area contributed by atoms with E-state index in [-0.39, 0.29) is 17.5 Å². The van der Waals surface area contributed by atoms with Crippen LogP contribution in [0.4, 0.5) is 0 Å². The molecule has 0 spiro atoms. The van der Waals surface area contributed by atoms with Crippen LogP contribution in [0.1, 0.15) is 68.0 Å². The summed E-state index contributed by atoms with van der Waals surface area (Å²) in [4.78, 5) is 19.2. The zero-order valence-electron chi connectivity index (χ0n) is 14.2. The summed E-state index contributed by atoms with van der Waals surface area (Å²) in [7, 11) is 0. The summed E-state index contributed by atoms with van der Waals surface area (Å²) in [5.74, 6) is 0.790. The first-order valence-corrected chi connectivity index (χ1v) is 8.11. The van der Waals surface area contributed by atoms with Crippen LogP contribution in [-0.2, 0) is 5.54 Å². The number of hydrogen-bond acceptors (Lipinski definition) is 4. The van der Waals surface area contributed by atoms with Crippen molar-refractivity contribution in [3.8, 4) is 0 Å². The van der Waals surface area contributed by atoms with E-state index in [1.807, 2.05) is 16.5 Å². The van der Waals surface area contributed by atoms with Crippen molar-refractivity contribution in [3.63, 3.8) is 0 Å². The Labute approximate surface area is 136 Å². The van der Waals surface area contributed by atoms with Crippen molar-refractivity contribution in [3.05, 3.63) is 29.6 Å². The average molecular weight is 316 g/mol. The molecule has 1 amide bonds. The molecular weight excluding hydrogens is 292 g/mol. The number of H-pyrrole nitrogens is 1. The number of carbonyl (C=O) groups excluding carboxylic acids is 1. The molecule has 23 heavy (non-hydrogen) atoms. The van der Waals surface area contributed by atoms with Gasteiger partial charge in [-0.15, -0.1) is 0 Å². The van der Waals surface area contributed by atoms with Crippen LogP contribution >= 0.6 is 0 Å². The molecule has 0 aliphatic carbocycles. The Balaban J connectivity index is 1.91. The van der Waals surface area contributed by atoms with Crippen molar-refractivity contribution in [1.82, 2.24) is 29.9 Å². The number of nitrogens with zero attached hydrogens (tertiary/aromatic N) is 5. The lowest BCUT2D eigenvalue weighted by molar-refractivity contribution is 0.0599. The first kappa shape index (κ1) is 15.7. The lowest BCUT2D eigenvalue weighted by Gasteiger charge is -2.34. The molecule has 7 heteroatoms. The largest absolute Gasteiger partial charge is 0.328 e. The molecule has 1 atom stereocenters. The van der Waals surface area contributed by atoms with E-state index in [0.717, 1.165) is 37.3 Å².